The fourth-order valence-corrected chi connectivity index (χ4v) is 2.85. The number of benzene rings is 1. The van der Waals surface area contributed by atoms with Crippen LogP contribution in [0.4, 0.5) is 0 Å². The van der Waals surface area contributed by atoms with Crippen molar-refractivity contribution in [3.63, 3.8) is 0 Å². The van der Waals surface area contributed by atoms with Gasteiger partial charge >= 0.3 is 0 Å². The van der Waals surface area contributed by atoms with Crippen molar-refractivity contribution in [3.05, 3.63) is 28.8 Å². The molecule has 0 aromatic heterocycles. The van der Waals surface area contributed by atoms with Gasteiger partial charge in [0, 0.05) is 5.54 Å². The number of rotatable bonds is 4. The minimum absolute atomic E-state index is 0.0463. The van der Waals surface area contributed by atoms with Crippen molar-refractivity contribution in [2.45, 2.75) is 38.3 Å². The van der Waals surface area contributed by atoms with Crippen LogP contribution in [0.1, 0.15) is 35.6 Å². The number of nitrogens with two attached hydrogens (primary N) is 1. The molecule has 2 N–H and O–H groups in total. The predicted molar refractivity (Wildman–Crippen MR) is 75.0 cm³/mol. The van der Waals surface area contributed by atoms with Gasteiger partial charge in [-0.3, -0.25) is 0 Å². The summed E-state index contributed by atoms with van der Waals surface area (Å²) in [5.74, 6) is 0.954. The molecular weight excluding hydrogens is 224 g/mol. The first-order valence-corrected chi connectivity index (χ1v) is 6.50. The third-order valence-corrected chi connectivity index (χ3v) is 4.18. The summed E-state index contributed by atoms with van der Waals surface area (Å²) in [6.45, 7) is 4.27. The number of ether oxygens (including phenoxy) is 1. The van der Waals surface area contributed by atoms with Crippen LogP contribution in [0.2, 0.25) is 0 Å². The number of hydrogen-bond acceptors (Lipinski definition) is 3. The van der Waals surface area contributed by atoms with E-state index in [0.29, 0.717) is 6.04 Å². The molecule has 100 valence electrons. The number of methoxy groups -OCH3 is 1. The molecule has 0 bridgehead atoms. The van der Waals surface area contributed by atoms with Crippen molar-refractivity contribution >= 4 is 0 Å². The van der Waals surface area contributed by atoms with E-state index in [1.807, 2.05) is 0 Å². The van der Waals surface area contributed by atoms with E-state index in [0.717, 1.165) is 18.6 Å². The summed E-state index contributed by atoms with van der Waals surface area (Å²) in [4.78, 5) is 2.24. The van der Waals surface area contributed by atoms with Crippen LogP contribution >= 0.6 is 0 Å². The molecule has 1 aliphatic carbocycles. The van der Waals surface area contributed by atoms with Crippen LogP contribution in [0, 0.1) is 13.8 Å². The highest BCUT2D eigenvalue weighted by molar-refractivity contribution is 5.46. The molecule has 3 heteroatoms. The maximum atomic E-state index is 6.44. The highest BCUT2D eigenvalue weighted by atomic mass is 16.5. The van der Waals surface area contributed by atoms with E-state index in [2.05, 4.69) is 45.0 Å². The zero-order valence-electron chi connectivity index (χ0n) is 12.1. The second-order valence-corrected chi connectivity index (χ2v) is 5.71. The molecule has 18 heavy (non-hydrogen) atoms. The van der Waals surface area contributed by atoms with Gasteiger partial charge in [0.2, 0.25) is 0 Å². The van der Waals surface area contributed by atoms with Gasteiger partial charge in [-0.15, -0.1) is 0 Å². The van der Waals surface area contributed by atoms with E-state index in [-0.39, 0.29) is 5.54 Å². The second-order valence-electron chi connectivity index (χ2n) is 5.71. The van der Waals surface area contributed by atoms with Gasteiger partial charge in [-0.2, -0.15) is 0 Å². The highest BCUT2D eigenvalue weighted by Crippen LogP contribution is 2.47. The Morgan fingerprint density at radius 3 is 2.28 bits per heavy atom. The van der Waals surface area contributed by atoms with Crippen LogP contribution in [0.3, 0.4) is 0 Å². The fourth-order valence-electron chi connectivity index (χ4n) is 2.85. The molecule has 1 unspecified atom stereocenters. The molecule has 0 radical (unpaired) electrons. The van der Waals surface area contributed by atoms with Gasteiger partial charge in [0.25, 0.3) is 0 Å². The van der Waals surface area contributed by atoms with Crippen LogP contribution < -0.4 is 10.5 Å². The predicted octanol–water partition coefficient (Wildman–Crippen LogP) is 2.41. The second kappa shape index (κ2) is 4.56. The van der Waals surface area contributed by atoms with Crippen molar-refractivity contribution in [1.29, 1.82) is 0 Å². The van der Waals surface area contributed by atoms with Gasteiger partial charge in [0.05, 0.1) is 13.2 Å². The van der Waals surface area contributed by atoms with Gasteiger partial charge in [-0.05, 0) is 63.5 Å². The Morgan fingerprint density at radius 2 is 1.83 bits per heavy atom. The Balaban J connectivity index is 2.46. The first-order chi connectivity index (χ1) is 8.40. The van der Waals surface area contributed by atoms with Gasteiger partial charge < -0.3 is 15.4 Å². The molecule has 0 amide bonds. The van der Waals surface area contributed by atoms with E-state index in [1.165, 1.54) is 16.7 Å². The summed E-state index contributed by atoms with van der Waals surface area (Å²) in [7, 11) is 5.93. The van der Waals surface area contributed by atoms with Crippen LogP contribution in [-0.4, -0.2) is 31.6 Å². The monoisotopic (exact) mass is 248 g/mol. The normalized spacial score (nSPS) is 18.8. The smallest absolute Gasteiger partial charge is 0.122 e. The Morgan fingerprint density at radius 1 is 1.22 bits per heavy atom. The van der Waals surface area contributed by atoms with Crippen LogP contribution in [0.25, 0.3) is 0 Å². The number of nitrogens with zero attached hydrogens (tertiary/aromatic N) is 1. The summed E-state index contributed by atoms with van der Waals surface area (Å²) < 4.78 is 5.38. The Bertz CT molecular complexity index is 450. The molecule has 1 aromatic carbocycles. The molecule has 1 aromatic rings. The van der Waals surface area contributed by atoms with E-state index in [1.54, 1.807) is 7.11 Å². The first kappa shape index (κ1) is 13.4. The first-order valence-electron chi connectivity index (χ1n) is 6.50. The molecule has 3 nitrogen and oxygen atoms in total. The Labute approximate surface area is 110 Å². The molecule has 1 saturated carbocycles. The van der Waals surface area contributed by atoms with Gasteiger partial charge in [-0.1, -0.05) is 6.07 Å². The molecule has 0 aliphatic heterocycles. The van der Waals surface area contributed by atoms with Crippen molar-refractivity contribution in [2.75, 3.05) is 21.2 Å². The lowest BCUT2D eigenvalue weighted by Gasteiger charge is -2.32. The fraction of sp³-hybridized carbons (Fsp3) is 0.600. The van der Waals surface area contributed by atoms with Crippen LogP contribution in [0.15, 0.2) is 12.1 Å². The summed E-state index contributed by atoms with van der Waals surface area (Å²) in [6.07, 6.45) is 2.22. The minimum Gasteiger partial charge on any atom is -0.496 e. The van der Waals surface area contributed by atoms with E-state index >= 15 is 0 Å². The van der Waals surface area contributed by atoms with Crippen molar-refractivity contribution in [3.8, 4) is 5.75 Å². The largest absolute Gasteiger partial charge is 0.496 e. The zero-order chi connectivity index (χ0) is 13.5. The van der Waals surface area contributed by atoms with Crippen LogP contribution in [0.5, 0.6) is 5.75 Å². The average molecular weight is 248 g/mol. The maximum Gasteiger partial charge on any atom is 0.122 e. The average Bonchev–Trinajstić information content (AvgIpc) is 3.03. The highest BCUT2D eigenvalue weighted by Gasteiger charge is 2.48. The lowest BCUT2D eigenvalue weighted by Crippen LogP contribution is -2.39. The molecule has 0 saturated heterocycles. The Kier molecular flexibility index (Phi) is 3.39. The summed E-state index contributed by atoms with van der Waals surface area (Å²) in [5.41, 5.74) is 10.2. The van der Waals surface area contributed by atoms with Crippen LogP contribution in [-0.2, 0) is 0 Å². The quantitative estimate of drug-likeness (QED) is 0.889. The topological polar surface area (TPSA) is 38.5 Å². The molecule has 1 atom stereocenters. The molecule has 1 aliphatic rings. The third-order valence-electron chi connectivity index (χ3n) is 4.18. The van der Waals surface area contributed by atoms with Gasteiger partial charge in [-0.25, -0.2) is 0 Å². The molecule has 2 rings (SSSR count). The lowest BCUT2D eigenvalue weighted by atomic mass is 9.90. The van der Waals surface area contributed by atoms with Crippen molar-refractivity contribution < 1.29 is 4.74 Å². The van der Waals surface area contributed by atoms with E-state index in [4.69, 9.17) is 10.5 Å². The molecule has 0 spiro atoms. The summed E-state index contributed by atoms with van der Waals surface area (Å²) in [5, 5.41) is 0. The number of hydrogen-bond donors (Lipinski definition) is 1. The van der Waals surface area contributed by atoms with Gasteiger partial charge in [0.1, 0.15) is 5.75 Å². The van der Waals surface area contributed by atoms with E-state index in [9.17, 15) is 0 Å². The van der Waals surface area contributed by atoms with Gasteiger partial charge in [0.15, 0.2) is 0 Å². The SMILES string of the molecule is COc1ccc(C(N(C)C)C2(N)CC2)c(C)c1C. The van der Waals surface area contributed by atoms with Crippen molar-refractivity contribution in [2.24, 2.45) is 5.73 Å². The van der Waals surface area contributed by atoms with Crippen molar-refractivity contribution in [1.82, 2.24) is 4.90 Å². The maximum absolute atomic E-state index is 6.44. The standard InChI is InChI=1S/C15H24N2O/c1-10-11(2)13(18-5)7-6-12(10)14(17(3)4)15(16)8-9-15/h6-7,14H,8-9,16H2,1-5H3. The zero-order valence-corrected chi connectivity index (χ0v) is 12.1. The number of likely N-dealkylation sites (N-methyl/N-ethyl adjacent to an activating group) is 1. The molecule has 1 fully saturated rings. The van der Waals surface area contributed by atoms with E-state index < -0.39 is 0 Å². The summed E-state index contributed by atoms with van der Waals surface area (Å²) >= 11 is 0. The molecule has 0 heterocycles. The molecular formula is C15H24N2O. The third kappa shape index (κ3) is 2.13. The lowest BCUT2D eigenvalue weighted by molar-refractivity contribution is 0.244. The summed E-state index contributed by atoms with van der Waals surface area (Å²) in [6, 6.07) is 4.51. The Hall–Kier alpha value is -1.06. The minimum atomic E-state index is -0.0463.